The van der Waals surface area contributed by atoms with E-state index in [2.05, 4.69) is 0 Å². The number of alkyl halides is 4. The van der Waals surface area contributed by atoms with Crippen LogP contribution in [0.3, 0.4) is 0 Å². The highest BCUT2D eigenvalue weighted by molar-refractivity contribution is 5.60. The third-order valence-corrected chi connectivity index (χ3v) is 3.85. The van der Waals surface area contributed by atoms with Gasteiger partial charge in [0.05, 0.1) is 0 Å². The van der Waals surface area contributed by atoms with Crippen molar-refractivity contribution in [1.82, 2.24) is 0 Å². The first-order valence-corrected chi connectivity index (χ1v) is 6.89. The van der Waals surface area contributed by atoms with Gasteiger partial charge in [0, 0.05) is 25.7 Å². The first kappa shape index (κ1) is 15.4. The standard InChI is InChI=1S/C13H18F4O3/c14-12(15)5-1-9(2-6-12)19-11(18)20-10-3-7-13(16,17)8-4-10/h9-10H,1-8H2. The van der Waals surface area contributed by atoms with Crippen LogP contribution in [0, 0.1) is 0 Å². The molecule has 0 N–H and O–H groups in total. The van der Waals surface area contributed by atoms with Crippen molar-refractivity contribution in [3.8, 4) is 0 Å². The Morgan fingerprint density at radius 3 is 1.35 bits per heavy atom. The highest BCUT2D eigenvalue weighted by Crippen LogP contribution is 2.36. The van der Waals surface area contributed by atoms with Crippen LogP contribution in [-0.2, 0) is 9.47 Å². The molecule has 0 aromatic carbocycles. The molecular weight excluding hydrogens is 280 g/mol. The van der Waals surface area contributed by atoms with Gasteiger partial charge in [-0.05, 0) is 25.7 Å². The van der Waals surface area contributed by atoms with Crippen molar-refractivity contribution >= 4 is 6.16 Å². The second kappa shape index (κ2) is 5.77. The van der Waals surface area contributed by atoms with E-state index in [4.69, 9.17) is 9.47 Å². The van der Waals surface area contributed by atoms with Gasteiger partial charge in [-0.2, -0.15) is 0 Å². The number of hydrogen-bond donors (Lipinski definition) is 0. The average Bonchev–Trinajstić information content (AvgIpc) is 2.35. The third kappa shape index (κ3) is 4.52. The largest absolute Gasteiger partial charge is 0.508 e. The van der Waals surface area contributed by atoms with Crippen molar-refractivity contribution in [2.75, 3.05) is 0 Å². The summed E-state index contributed by atoms with van der Waals surface area (Å²) in [5, 5.41) is 0. The van der Waals surface area contributed by atoms with Gasteiger partial charge in [0.1, 0.15) is 12.2 Å². The van der Waals surface area contributed by atoms with E-state index in [1.807, 2.05) is 0 Å². The van der Waals surface area contributed by atoms with Crippen LogP contribution in [-0.4, -0.2) is 30.2 Å². The maximum absolute atomic E-state index is 12.9. The second-order valence-electron chi connectivity index (χ2n) is 5.60. The average molecular weight is 298 g/mol. The van der Waals surface area contributed by atoms with E-state index in [1.165, 1.54) is 0 Å². The van der Waals surface area contributed by atoms with Crippen LogP contribution in [0.1, 0.15) is 51.4 Å². The van der Waals surface area contributed by atoms with Gasteiger partial charge in [0.2, 0.25) is 11.8 Å². The lowest BCUT2D eigenvalue weighted by atomic mass is 9.94. The van der Waals surface area contributed by atoms with Gasteiger partial charge in [-0.1, -0.05) is 0 Å². The molecule has 0 bridgehead atoms. The highest BCUT2D eigenvalue weighted by atomic mass is 19.3. The number of ether oxygens (including phenoxy) is 2. The van der Waals surface area contributed by atoms with Gasteiger partial charge < -0.3 is 9.47 Å². The molecule has 0 aromatic heterocycles. The molecule has 116 valence electrons. The quantitative estimate of drug-likeness (QED) is 0.563. The molecule has 2 fully saturated rings. The van der Waals surface area contributed by atoms with Crippen molar-refractivity contribution in [2.45, 2.75) is 75.4 Å². The zero-order chi connectivity index (χ0) is 14.8. The van der Waals surface area contributed by atoms with Gasteiger partial charge in [-0.15, -0.1) is 0 Å². The number of hydrogen-bond acceptors (Lipinski definition) is 3. The topological polar surface area (TPSA) is 35.5 Å². The number of carbonyl (C=O) groups excluding carboxylic acids is 1. The smallest absolute Gasteiger partial charge is 0.431 e. The molecule has 20 heavy (non-hydrogen) atoms. The predicted octanol–water partition coefficient (Wildman–Crippen LogP) is 4.30. The summed E-state index contributed by atoms with van der Waals surface area (Å²) < 4.78 is 61.6. The van der Waals surface area contributed by atoms with Gasteiger partial charge in [0.15, 0.2) is 0 Å². The molecule has 0 radical (unpaired) electrons. The Bertz CT molecular complexity index is 308. The highest BCUT2D eigenvalue weighted by Gasteiger charge is 2.38. The summed E-state index contributed by atoms with van der Waals surface area (Å²) in [6, 6.07) is 0. The minimum atomic E-state index is -2.68. The van der Waals surface area contributed by atoms with E-state index in [1.54, 1.807) is 0 Å². The van der Waals surface area contributed by atoms with Crippen molar-refractivity contribution in [1.29, 1.82) is 0 Å². The fraction of sp³-hybridized carbons (Fsp3) is 0.923. The molecule has 2 aliphatic rings. The molecule has 0 saturated heterocycles. The predicted molar refractivity (Wildman–Crippen MR) is 62.0 cm³/mol. The van der Waals surface area contributed by atoms with Crippen LogP contribution >= 0.6 is 0 Å². The van der Waals surface area contributed by atoms with E-state index in [0.29, 0.717) is 0 Å². The number of halogens is 4. The Hall–Kier alpha value is -1.01. The van der Waals surface area contributed by atoms with E-state index in [9.17, 15) is 22.4 Å². The van der Waals surface area contributed by atoms with Crippen molar-refractivity contribution in [3.05, 3.63) is 0 Å². The minimum absolute atomic E-state index is 0.102. The Balaban J connectivity index is 1.69. The molecule has 2 saturated carbocycles. The normalized spacial score (nSPS) is 27.0. The molecule has 2 aliphatic carbocycles. The summed E-state index contributed by atoms with van der Waals surface area (Å²) in [7, 11) is 0. The second-order valence-corrected chi connectivity index (χ2v) is 5.60. The molecule has 3 nitrogen and oxygen atoms in total. The summed E-state index contributed by atoms with van der Waals surface area (Å²) in [6.45, 7) is 0. The lowest BCUT2D eigenvalue weighted by Gasteiger charge is -2.30. The van der Waals surface area contributed by atoms with Crippen molar-refractivity contribution in [2.24, 2.45) is 0 Å². The summed E-state index contributed by atoms with van der Waals surface area (Å²) >= 11 is 0. The van der Waals surface area contributed by atoms with Crippen molar-refractivity contribution in [3.63, 3.8) is 0 Å². The summed E-state index contributed by atoms with van der Waals surface area (Å²) in [5.74, 6) is -5.36. The first-order chi connectivity index (χ1) is 9.26. The zero-order valence-electron chi connectivity index (χ0n) is 11.0. The van der Waals surface area contributed by atoms with Gasteiger partial charge >= 0.3 is 6.16 Å². The molecule has 0 aliphatic heterocycles. The fourth-order valence-corrected chi connectivity index (χ4v) is 2.56. The van der Waals surface area contributed by atoms with E-state index >= 15 is 0 Å². The fourth-order valence-electron chi connectivity index (χ4n) is 2.56. The zero-order valence-corrected chi connectivity index (χ0v) is 11.0. The van der Waals surface area contributed by atoms with Crippen molar-refractivity contribution < 1.29 is 31.8 Å². The molecule has 2 rings (SSSR count). The molecule has 0 spiro atoms. The van der Waals surface area contributed by atoms with Gasteiger partial charge in [-0.25, -0.2) is 22.4 Å². The summed E-state index contributed by atoms with van der Waals surface area (Å²) in [5.41, 5.74) is 0. The van der Waals surface area contributed by atoms with Crippen LogP contribution < -0.4 is 0 Å². The third-order valence-electron chi connectivity index (χ3n) is 3.85. The molecule has 0 amide bonds. The maximum atomic E-state index is 12.9. The van der Waals surface area contributed by atoms with Crippen LogP contribution in [0.2, 0.25) is 0 Å². The molecular formula is C13H18F4O3. The van der Waals surface area contributed by atoms with Crippen LogP contribution in [0.25, 0.3) is 0 Å². The first-order valence-electron chi connectivity index (χ1n) is 6.89. The summed E-state index contributed by atoms with van der Waals surface area (Å²) in [4.78, 5) is 11.5. The Morgan fingerprint density at radius 1 is 0.750 bits per heavy atom. The van der Waals surface area contributed by atoms with Crippen LogP contribution in [0.5, 0.6) is 0 Å². The van der Waals surface area contributed by atoms with Crippen LogP contribution in [0.15, 0.2) is 0 Å². The maximum Gasteiger partial charge on any atom is 0.508 e. The van der Waals surface area contributed by atoms with Crippen LogP contribution in [0.4, 0.5) is 22.4 Å². The SMILES string of the molecule is O=C(OC1CCC(F)(F)CC1)OC1CCC(F)(F)CC1. The Kier molecular flexibility index (Phi) is 4.44. The van der Waals surface area contributed by atoms with Gasteiger partial charge in [0.25, 0.3) is 0 Å². The molecule has 0 unspecified atom stereocenters. The lowest BCUT2D eigenvalue weighted by Crippen LogP contribution is -2.34. The van der Waals surface area contributed by atoms with E-state index in [-0.39, 0.29) is 51.4 Å². The molecule has 7 heteroatoms. The monoisotopic (exact) mass is 298 g/mol. The minimum Gasteiger partial charge on any atom is -0.431 e. The number of rotatable bonds is 2. The molecule has 0 atom stereocenters. The lowest BCUT2D eigenvalue weighted by molar-refractivity contribution is -0.0936. The Labute approximate surface area is 114 Å². The molecule has 0 heterocycles. The molecule has 0 aromatic rings. The Morgan fingerprint density at radius 2 is 1.05 bits per heavy atom. The number of carbonyl (C=O) groups is 1. The van der Waals surface area contributed by atoms with Gasteiger partial charge in [-0.3, -0.25) is 0 Å². The van der Waals surface area contributed by atoms with E-state index in [0.717, 1.165) is 0 Å². The summed E-state index contributed by atoms with van der Waals surface area (Å²) in [6.07, 6.45) is -2.87. The van der Waals surface area contributed by atoms with E-state index < -0.39 is 30.2 Å².